The van der Waals surface area contributed by atoms with Gasteiger partial charge in [-0.2, -0.15) is 0 Å². The molecule has 1 fully saturated rings. The Morgan fingerprint density at radius 1 is 1.29 bits per heavy atom. The van der Waals surface area contributed by atoms with Crippen LogP contribution in [0.4, 0.5) is 0 Å². The average Bonchev–Trinajstić information content (AvgIpc) is 2.67. The number of nitrogens with two attached hydrogens (primary N) is 1. The molecule has 0 spiro atoms. The van der Waals surface area contributed by atoms with Crippen LogP contribution in [0.5, 0.6) is 0 Å². The van der Waals surface area contributed by atoms with E-state index in [9.17, 15) is 0 Å². The molecule has 1 saturated carbocycles. The zero-order chi connectivity index (χ0) is 12.3. The van der Waals surface area contributed by atoms with E-state index in [0.29, 0.717) is 5.41 Å². The first-order valence-corrected chi connectivity index (χ1v) is 6.26. The van der Waals surface area contributed by atoms with Crippen LogP contribution >= 0.6 is 0 Å². The molecule has 1 aliphatic rings. The quantitative estimate of drug-likeness (QED) is 0.842. The lowest BCUT2D eigenvalue weighted by atomic mass is 9.87. The maximum Gasteiger partial charge on any atom is 0.0516 e. The fourth-order valence-corrected chi connectivity index (χ4v) is 3.37. The predicted molar refractivity (Wildman–Crippen MR) is 72.0 cm³/mol. The molecule has 3 rings (SSSR count). The highest BCUT2D eigenvalue weighted by Crippen LogP contribution is 2.64. The molecular weight excluding hydrogens is 208 g/mol. The highest BCUT2D eigenvalue weighted by atomic mass is 14.9. The van der Waals surface area contributed by atoms with E-state index in [1.807, 2.05) is 0 Å². The summed E-state index contributed by atoms with van der Waals surface area (Å²) < 4.78 is 2.22. The van der Waals surface area contributed by atoms with Crippen LogP contribution in [0.1, 0.15) is 25.8 Å². The molecule has 0 bridgehead atoms. The summed E-state index contributed by atoms with van der Waals surface area (Å²) in [5.41, 5.74) is 9.37. The van der Waals surface area contributed by atoms with E-state index in [2.05, 4.69) is 55.9 Å². The molecule has 2 heteroatoms. The molecule has 0 aliphatic heterocycles. The minimum atomic E-state index is 0.179. The first kappa shape index (κ1) is 10.8. The fourth-order valence-electron chi connectivity index (χ4n) is 3.37. The third-order valence-corrected chi connectivity index (χ3v) is 4.68. The molecule has 1 atom stereocenters. The van der Waals surface area contributed by atoms with Gasteiger partial charge in [-0.25, -0.2) is 0 Å². The van der Waals surface area contributed by atoms with E-state index in [4.69, 9.17) is 5.73 Å². The first-order chi connectivity index (χ1) is 8.02. The second-order valence-corrected chi connectivity index (χ2v) is 6.02. The second kappa shape index (κ2) is 3.14. The van der Waals surface area contributed by atoms with E-state index in [0.717, 1.165) is 6.54 Å². The van der Waals surface area contributed by atoms with Crippen LogP contribution in [0.3, 0.4) is 0 Å². The Morgan fingerprint density at radius 2 is 2.00 bits per heavy atom. The van der Waals surface area contributed by atoms with Gasteiger partial charge in [-0.05, 0) is 28.9 Å². The number of aryl methyl sites for hydroxylation is 1. The number of hydrogen-bond acceptors (Lipinski definition) is 1. The van der Waals surface area contributed by atoms with Crippen LogP contribution in [-0.2, 0) is 12.5 Å². The monoisotopic (exact) mass is 228 g/mol. The van der Waals surface area contributed by atoms with Gasteiger partial charge in [0.05, 0.1) is 5.52 Å². The van der Waals surface area contributed by atoms with E-state index in [-0.39, 0.29) is 5.41 Å². The van der Waals surface area contributed by atoms with Crippen LogP contribution in [0.25, 0.3) is 10.9 Å². The molecule has 0 amide bonds. The maximum absolute atomic E-state index is 6.08. The molecule has 0 saturated heterocycles. The minimum absolute atomic E-state index is 0.179. The van der Waals surface area contributed by atoms with Gasteiger partial charge in [-0.15, -0.1) is 0 Å². The van der Waals surface area contributed by atoms with E-state index in [1.165, 1.54) is 22.9 Å². The summed E-state index contributed by atoms with van der Waals surface area (Å²) in [5.74, 6) is 0. The summed E-state index contributed by atoms with van der Waals surface area (Å²) in [6, 6.07) is 8.77. The number of nitrogens with zero attached hydrogens (tertiary/aromatic N) is 1. The van der Waals surface area contributed by atoms with Crippen LogP contribution in [-0.4, -0.2) is 11.1 Å². The van der Waals surface area contributed by atoms with Gasteiger partial charge in [0, 0.05) is 25.2 Å². The Balaban J connectivity index is 2.28. The van der Waals surface area contributed by atoms with Crippen molar-refractivity contribution < 1.29 is 0 Å². The molecule has 2 aromatic rings. The van der Waals surface area contributed by atoms with Crippen LogP contribution in [0.2, 0.25) is 0 Å². The number of para-hydroxylation sites is 1. The molecule has 17 heavy (non-hydrogen) atoms. The molecular formula is C15H20N2. The van der Waals surface area contributed by atoms with Crippen molar-refractivity contribution in [2.24, 2.45) is 18.2 Å². The summed E-state index contributed by atoms with van der Waals surface area (Å²) in [6.07, 6.45) is 3.33. The number of hydrogen-bond donors (Lipinski definition) is 1. The Bertz CT molecular complexity index is 580. The largest absolute Gasteiger partial charge is 0.350 e. The van der Waals surface area contributed by atoms with Crippen molar-refractivity contribution in [3.8, 4) is 0 Å². The van der Waals surface area contributed by atoms with Crippen LogP contribution in [0.15, 0.2) is 30.5 Å². The Hall–Kier alpha value is -1.28. The van der Waals surface area contributed by atoms with Gasteiger partial charge >= 0.3 is 0 Å². The van der Waals surface area contributed by atoms with Crippen molar-refractivity contribution in [1.29, 1.82) is 0 Å². The van der Waals surface area contributed by atoms with E-state index < -0.39 is 0 Å². The van der Waals surface area contributed by atoms with Crippen molar-refractivity contribution in [2.75, 3.05) is 6.54 Å². The van der Waals surface area contributed by atoms with Crippen LogP contribution < -0.4 is 5.73 Å². The number of fused-ring (bicyclic) bond motifs is 1. The minimum Gasteiger partial charge on any atom is -0.350 e. The molecule has 1 aromatic heterocycles. The topological polar surface area (TPSA) is 30.9 Å². The fraction of sp³-hybridized carbons (Fsp3) is 0.467. The normalized spacial score (nSPS) is 26.4. The van der Waals surface area contributed by atoms with Gasteiger partial charge in [0.1, 0.15) is 0 Å². The highest BCUT2D eigenvalue weighted by Gasteiger charge is 2.61. The van der Waals surface area contributed by atoms with Gasteiger partial charge in [0.15, 0.2) is 0 Å². The van der Waals surface area contributed by atoms with Crippen molar-refractivity contribution in [1.82, 2.24) is 4.57 Å². The lowest BCUT2D eigenvalue weighted by Gasteiger charge is -2.21. The van der Waals surface area contributed by atoms with Gasteiger partial charge in [-0.3, -0.25) is 0 Å². The summed E-state index contributed by atoms with van der Waals surface area (Å²) in [5, 5.41) is 1.32. The predicted octanol–water partition coefficient (Wildman–Crippen LogP) is 2.80. The zero-order valence-corrected chi connectivity index (χ0v) is 10.8. The second-order valence-electron chi connectivity index (χ2n) is 6.02. The summed E-state index contributed by atoms with van der Waals surface area (Å²) in [6.45, 7) is 5.38. The number of aromatic nitrogens is 1. The number of benzene rings is 1. The van der Waals surface area contributed by atoms with Crippen molar-refractivity contribution in [2.45, 2.75) is 25.7 Å². The molecule has 90 valence electrons. The molecule has 0 radical (unpaired) electrons. The van der Waals surface area contributed by atoms with Crippen molar-refractivity contribution in [3.63, 3.8) is 0 Å². The Morgan fingerprint density at radius 3 is 2.59 bits per heavy atom. The highest BCUT2D eigenvalue weighted by molar-refractivity contribution is 5.85. The molecule has 1 aromatic carbocycles. The van der Waals surface area contributed by atoms with Gasteiger partial charge < -0.3 is 10.3 Å². The van der Waals surface area contributed by atoms with Gasteiger partial charge in [-0.1, -0.05) is 32.0 Å². The Kier molecular flexibility index (Phi) is 2.00. The molecule has 1 unspecified atom stereocenters. The van der Waals surface area contributed by atoms with Crippen LogP contribution in [0, 0.1) is 5.41 Å². The van der Waals surface area contributed by atoms with Crippen molar-refractivity contribution in [3.05, 3.63) is 36.0 Å². The lowest BCUT2D eigenvalue weighted by molar-refractivity contribution is 0.504. The number of rotatable bonds is 2. The van der Waals surface area contributed by atoms with Gasteiger partial charge in [0.25, 0.3) is 0 Å². The van der Waals surface area contributed by atoms with Gasteiger partial charge in [0.2, 0.25) is 0 Å². The average molecular weight is 228 g/mol. The smallest absolute Gasteiger partial charge is 0.0516 e. The lowest BCUT2D eigenvalue weighted by Crippen LogP contribution is -2.26. The molecule has 2 N–H and O–H groups in total. The third-order valence-electron chi connectivity index (χ3n) is 4.68. The summed E-state index contributed by atoms with van der Waals surface area (Å²) in [7, 11) is 2.12. The van der Waals surface area contributed by atoms with Crippen molar-refractivity contribution >= 4 is 10.9 Å². The standard InChI is InChI=1S/C15H20N2/c1-14(2)9-15(14,10-16)12-6-4-5-11-7-8-17(3)13(11)12/h4-8H,9-10,16H2,1-3H3. The first-order valence-electron chi connectivity index (χ1n) is 6.26. The maximum atomic E-state index is 6.08. The molecule has 2 nitrogen and oxygen atoms in total. The van der Waals surface area contributed by atoms with E-state index >= 15 is 0 Å². The third kappa shape index (κ3) is 1.25. The zero-order valence-electron chi connectivity index (χ0n) is 10.8. The molecule has 1 heterocycles. The molecule has 1 aliphatic carbocycles. The SMILES string of the molecule is Cn1ccc2cccc(C3(CN)CC3(C)C)c21. The summed E-state index contributed by atoms with van der Waals surface area (Å²) in [4.78, 5) is 0. The van der Waals surface area contributed by atoms with E-state index in [1.54, 1.807) is 0 Å². The Labute approximate surface area is 102 Å². The summed E-state index contributed by atoms with van der Waals surface area (Å²) >= 11 is 0.